The lowest BCUT2D eigenvalue weighted by molar-refractivity contribution is 0.664. The van der Waals surface area contributed by atoms with E-state index in [2.05, 4.69) is 147 Å². The highest BCUT2D eigenvalue weighted by Crippen LogP contribution is 2.55. The first-order chi connectivity index (χ1) is 25.0. The van der Waals surface area contributed by atoms with Crippen LogP contribution in [0.25, 0.3) is 78.1 Å². The van der Waals surface area contributed by atoms with Crippen molar-refractivity contribution in [2.75, 3.05) is 0 Å². The van der Waals surface area contributed by atoms with Crippen molar-refractivity contribution in [1.29, 1.82) is 0 Å². The largest absolute Gasteiger partial charge is 0.256 e. The molecule has 0 aliphatic heterocycles. The molecule has 0 saturated heterocycles. The SMILES string of the molecule is CC1(C)c2c(-c3ccc(-c4ccc(-c5ccccc5)nc4)cc3)cccc2-c2cccc(-c3ccc(-c4ccc(-c5ccccc5)nc4)cc3)c21. The predicted octanol–water partition coefficient (Wildman–Crippen LogP) is 12.8. The summed E-state index contributed by atoms with van der Waals surface area (Å²) >= 11 is 0. The first-order valence-corrected chi connectivity index (χ1v) is 17.6. The van der Waals surface area contributed by atoms with Crippen molar-refractivity contribution in [3.8, 4) is 78.1 Å². The molecule has 6 aromatic carbocycles. The molecule has 1 aliphatic rings. The van der Waals surface area contributed by atoms with E-state index in [1.807, 2.05) is 48.8 Å². The van der Waals surface area contributed by atoms with Crippen LogP contribution in [0, 0.1) is 0 Å². The molecule has 8 aromatic rings. The van der Waals surface area contributed by atoms with Gasteiger partial charge in [-0.3, -0.25) is 9.97 Å². The van der Waals surface area contributed by atoms with E-state index in [0.717, 1.165) is 44.8 Å². The zero-order valence-corrected chi connectivity index (χ0v) is 28.7. The third kappa shape index (κ3) is 5.46. The van der Waals surface area contributed by atoms with E-state index in [4.69, 9.17) is 9.97 Å². The van der Waals surface area contributed by atoms with E-state index in [1.165, 1.54) is 44.5 Å². The van der Waals surface area contributed by atoms with Crippen molar-refractivity contribution in [2.24, 2.45) is 0 Å². The van der Waals surface area contributed by atoms with Crippen LogP contribution in [0.2, 0.25) is 0 Å². The Morgan fingerprint density at radius 1 is 0.294 bits per heavy atom. The maximum Gasteiger partial charge on any atom is 0.0702 e. The predicted molar refractivity (Wildman–Crippen MR) is 212 cm³/mol. The summed E-state index contributed by atoms with van der Waals surface area (Å²) in [5.74, 6) is 0. The third-order valence-corrected chi connectivity index (χ3v) is 10.4. The highest BCUT2D eigenvalue weighted by Gasteiger charge is 2.39. The molecule has 51 heavy (non-hydrogen) atoms. The molecule has 0 bridgehead atoms. The van der Waals surface area contributed by atoms with Crippen molar-refractivity contribution in [3.05, 3.63) is 193 Å². The van der Waals surface area contributed by atoms with Gasteiger partial charge in [0.1, 0.15) is 0 Å². The molecule has 0 fully saturated rings. The zero-order valence-electron chi connectivity index (χ0n) is 28.7. The molecule has 0 saturated carbocycles. The standard InChI is InChI=1S/C49H36N2/c1-49(2)47-41(35-23-19-33(20-24-35)39-27-29-45(50-31-39)37-11-5-3-6-12-37)15-9-17-43(47)44-18-10-16-42(48(44)49)36-25-21-34(22-26-36)40-28-30-46(51-32-40)38-13-7-4-8-14-38/h3-32H,1-2H3. The van der Waals surface area contributed by atoms with Crippen LogP contribution in [0.4, 0.5) is 0 Å². The van der Waals surface area contributed by atoms with E-state index in [1.54, 1.807) is 0 Å². The topological polar surface area (TPSA) is 25.8 Å². The molecule has 2 heteroatoms. The second kappa shape index (κ2) is 12.5. The van der Waals surface area contributed by atoms with Crippen LogP contribution in [0.3, 0.4) is 0 Å². The minimum atomic E-state index is -0.191. The molecule has 0 amide bonds. The lowest BCUT2D eigenvalue weighted by Gasteiger charge is -2.27. The van der Waals surface area contributed by atoms with E-state index < -0.39 is 0 Å². The smallest absolute Gasteiger partial charge is 0.0702 e. The second-order valence-electron chi connectivity index (χ2n) is 13.8. The Labute approximate surface area is 299 Å². The van der Waals surface area contributed by atoms with Crippen molar-refractivity contribution in [1.82, 2.24) is 9.97 Å². The van der Waals surface area contributed by atoms with Gasteiger partial charge >= 0.3 is 0 Å². The summed E-state index contributed by atoms with van der Waals surface area (Å²) in [6.07, 6.45) is 3.95. The van der Waals surface area contributed by atoms with Gasteiger partial charge in [-0.2, -0.15) is 0 Å². The molecule has 242 valence electrons. The van der Waals surface area contributed by atoms with Crippen LogP contribution in [-0.4, -0.2) is 9.97 Å². The van der Waals surface area contributed by atoms with Crippen molar-refractivity contribution in [2.45, 2.75) is 19.3 Å². The number of fused-ring (bicyclic) bond motifs is 3. The van der Waals surface area contributed by atoms with Crippen molar-refractivity contribution >= 4 is 0 Å². The Kier molecular flexibility index (Phi) is 7.51. The number of nitrogens with zero attached hydrogens (tertiary/aromatic N) is 2. The first kappa shape index (κ1) is 30.7. The summed E-state index contributed by atoms with van der Waals surface area (Å²) < 4.78 is 0. The summed E-state index contributed by atoms with van der Waals surface area (Å²) in [7, 11) is 0. The summed E-state index contributed by atoms with van der Waals surface area (Å²) in [6.45, 7) is 4.76. The Hall–Kier alpha value is -6.38. The number of hydrogen-bond donors (Lipinski definition) is 0. The lowest BCUT2D eigenvalue weighted by Crippen LogP contribution is -2.17. The molecule has 2 aromatic heterocycles. The van der Waals surface area contributed by atoms with Crippen LogP contribution in [0.1, 0.15) is 25.0 Å². The third-order valence-electron chi connectivity index (χ3n) is 10.4. The van der Waals surface area contributed by atoms with Crippen LogP contribution < -0.4 is 0 Å². The Balaban J connectivity index is 1.01. The second-order valence-corrected chi connectivity index (χ2v) is 13.8. The number of pyridine rings is 2. The average Bonchev–Trinajstić information content (AvgIpc) is 3.45. The molecule has 1 aliphatic carbocycles. The van der Waals surface area contributed by atoms with Crippen molar-refractivity contribution < 1.29 is 0 Å². The van der Waals surface area contributed by atoms with E-state index >= 15 is 0 Å². The minimum Gasteiger partial charge on any atom is -0.256 e. The summed E-state index contributed by atoms with van der Waals surface area (Å²) in [5.41, 5.74) is 19.0. The zero-order chi connectivity index (χ0) is 34.4. The highest BCUT2D eigenvalue weighted by atomic mass is 14.7. The fourth-order valence-electron chi connectivity index (χ4n) is 7.88. The first-order valence-electron chi connectivity index (χ1n) is 17.6. The molecule has 2 heterocycles. The molecule has 2 nitrogen and oxygen atoms in total. The van der Waals surface area contributed by atoms with Gasteiger partial charge in [0.25, 0.3) is 0 Å². The van der Waals surface area contributed by atoms with Gasteiger partial charge in [-0.25, -0.2) is 0 Å². The number of rotatable bonds is 6. The molecule has 0 spiro atoms. The normalized spacial score (nSPS) is 12.7. The van der Waals surface area contributed by atoms with Gasteiger partial charge in [0.05, 0.1) is 11.4 Å². The number of aromatic nitrogens is 2. The van der Waals surface area contributed by atoms with E-state index in [0.29, 0.717) is 0 Å². The Morgan fingerprint density at radius 3 is 1.02 bits per heavy atom. The van der Waals surface area contributed by atoms with Crippen LogP contribution >= 0.6 is 0 Å². The summed E-state index contributed by atoms with van der Waals surface area (Å²) in [4.78, 5) is 9.52. The van der Waals surface area contributed by atoms with Crippen LogP contribution in [0.15, 0.2) is 182 Å². The van der Waals surface area contributed by atoms with Gasteiger partial charge in [-0.05, 0) is 67.8 Å². The van der Waals surface area contributed by atoms with Gasteiger partial charge in [0.2, 0.25) is 0 Å². The van der Waals surface area contributed by atoms with Crippen LogP contribution in [0.5, 0.6) is 0 Å². The van der Waals surface area contributed by atoms with Crippen molar-refractivity contribution in [3.63, 3.8) is 0 Å². The quantitative estimate of drug-likeness (QED) is 0.179. The molecule has 9 rings (SSSR count). The van der Waals surface area contributed by atoms with Crippen LogP contribution in [-0.2, 0) is 5.41 Å². The Bertz CT molecular complexity index is 2300. The van der Waals surface area contributed by atoms with Gasteiger partial charge in [0.15, 0.2) is 0 Å². The lowest BCUT2D eigenvalue weighted by atomic mass is 9.76. The van der Waals surface area contributed by atoms with Gasteiger partial charge in [-0.15, -0.1) is 0 Å². The maximum atomic E-state index is 4.76. The highest BCUT2D eigenvalue weighted by molar-refractivity contribution is 5.93. The van der Waals surface area contributed by atoms with Gasteiger partial charge in [-0.1, -0.05) is 172 Å². The molecular weight excluding hydrogens is 617 g/mol. The molecule has 0 radical (unpaired) electrons. The summed E-state index contributed by atoms with van der Waals surface area (Å²) in [6, 6.07) is 60.7. The Morgan fingerprint density at radius 2 is 0.647 bits per heavy atom. The number of hydrogen-bond acceptors (Lipinski definition) is 2. The maximum absolute atomic E-state index is 4.76. The molecule has 0 atom stereocenters. The summed E-state index contributed by atoms with van der Waals surface area (Å²) in [5, 5.41) is 0. The molecule has 0 N–H and O–H groups in total. The van der Waals surface area contributed by atoms with E-state index in [-0.39, 0.29) is 5.41 Å². The van der Waals surface area contributed by atoms with E-state index in [9.17, 15) is 0 Å². The minimum absolute atomic E-state index is 0.191. The fraction of sp³-hybridized carbons (Fsp3) is 0.0612. The fourth-order valence-corrected chi connectivity index (χ4v) is 7.88. The molecule has 0 unspecified atom stereocenters. The van der Waals surface area contributed by atoms with Gasteiger partial charge in [0, 0.05) is 40.1 Å². The average molecular weight is 653 g/mol. The monoisotopic (exact) mass is 652 g/mol. The number of benzene rings is 6. The van der Waals surface area contributed by atoms with Gasteiger partial charge < -0.3 is 0 Å². The molecular formula is C49H36N2.